The topological polar surface area (TPSA) is 23.6 Å². The highest BCUT2D eigenvalue weighted by Gasteiger charge is 2.39. The predicted molar refractivity (Wildman–Crippen MR) is 96.5 cm³/mol. The lowest BCUT2D eigenvalue weighted by Crippen LogP contribution is -2.54. The quantitative estimate of drug-likeness (QED) is 0.849. The minimum Gasteiger partial charge on any atom is -0.341 e. The van der Waals surface area contributed by atoms with Crippen LogP contribution >= 0.6 is 0 Å². The molecule has 3 heteroatoms. The van der Waals surface area contributed by atoms with Crippen molar-refractivity contribution in [3.05, 3.63) is 35.4 Å². The molecular formula is C20H32N2O. The Morgan fingerprint density at radius 2 is 1.91 bits per heavy atom. The van der Waals surface area contributed by atoms with E-state index in [0.29, 0.717) is 23.9 Å². The zero-order valence-corrected chi connectivity index (χ0v) is 15.6. The number of aryl methyl sites for hydroxylation is 1. The fourth-order valence-corrected chi connectivity index (χ4v) is 3.82. The zero-order chi connectivity index (χ0) is 17.2. The van der Waals surface area contributed by atoms with E-state index in [2.05, 4.69) is 51.9 Å². The molecular weight excluding hydrogens is 284 g/mol. The Balaban J connectivity index is 2.08. The summed E-state index contributed by atoms with van der Waals surface area (Å²) in [5, 5.41) is 0. The molecule has 1 aromatic carbocycles. The van der Waals surface area contributed by atoms with E-state index in [0.717, 1.165) is 18.4 Å². The van der Waals surface area contributed by atoms with Crippen LogP contribution in [0.1, 0.15) is 44.2 Å². The normalized spacial score (nSPS) is 23.8. The molecule has 23 heavy (non-hydrogen) atoms. The summed E-state index contributed by atoms with van der Waals surface area (Å²) in [6, 6.07) is 9.01. The molecule has 128 valence electrons. The van der Waals surface area contributed by atoms with Crippen LogP contribution in [0.4, 0.5) is 0 Å². The van der Waals surface area contributed by atoms with Gasteiger partial charge in [-0.05, 0) is 51.3 Å². The van der Waals surface area contributed by atoms with Crippen molar-refractivity contribution in [3.8, 4) is 0 Å². The van der Waals surface area contributed by atoms with Crippen LogP contribution in [0.25, 0.3) is 0 Å². The first-order chi connectivity index (χ1) is 10.7. The van der Waals surface area contributed by atoms with Crippen molar-refractivity contribution >= 4 is 5.91 Å². The van der Waals surface area contributed by atoms with Gasteiger partial charge in [0.05, 0.1) is 6.42 Å². The Labute approximate surface area is 141 Å². The maximum Gasteiger partial charge on any atom is 0.227 e. The van der Waals surface area contributed by atoms with Crippen LogP contribution in [0.15, 0.2) is 24.3 Å². The van der Waals surface area contributed by atoms with Crippen molar-refractivity contribution < 1.29 is 4.79 Å². The summed E-state index contributed by atoms with van der Waals surface area (Å²) < 4.78 is 0. The maximum absolute atomic E-state index is 12.8. The first kappa shape index (κ1) is 18.0. The van der Waals surface area contributed by atoms with Crippen LogP contribution < -0.4 is 0 Å². The lowest BCUT2D eigenvalue weighted by atomic mass is 9.72. The van der Waals surface area contributed by atoms with Gasteiger partial charge in [-0.15, -0.1) is 0 Å². The van der Waals surface area contributed by atoms with E-state index in [1.807, 2.05) is 24.1 Å². The molecule has 3 nitrogen and oxygen atoms in total. The van der Waals surface area contributed by atoms with Gasteiger partial charge in [-0.2, -0.15) is 0 Å². The zero-order valence-electron chi connectivity index (χ0n) is 15.6. The van der Waals surface area contributed by atoms with Crippen LogP contribution in [0.5, 0.6) is 0 Å². The summed E-state index contributed by atoms with van der Waals surface area (Å²) in [4.78, 5) is 17.1. The summed E-state index contributed by atoms with van der Waals surface area (Å²) in [5.41, 5.74) is 2.69. The summed E-state index contributed by atoms with van der Waals surface area (Å²) >= 11 is 0. The van der Waals surface area contributed by atoms with Gasteiger partial charge in [0.2, 0.25) is 5.91 Å². The minimum atomic E-state index is 0.229. The molecule has 0 saturated heterocycles. The number of hydrogen-bond acceptors (Lipinski definition) is 2. The first-order valence-corrected chi connectivity index (χ1v) is 8.67. The average molecular weight is 316 g/mol. The molecule has 2 unspecified atom stereocenters. The van der Waals surface area contributed by atoms with Gasteiger partial charge in [0.15, 0.2) is 0 Å². The molecule has 1 aliphatic carbocycles. The number of likely N-dealkylation sites (N-methyl/N-ethyl adjacent to an activating group) is 2. The number of rotatable bonds is 4. The van der Waals surface area contributed by atoms with E-state index < -0.39 is 0 Å². The molecule has 1 saturated carbocycles. The number of amides is 1. The van der Waals surface area contributed by atoms with Gasteiger partial charge < -0.3 is 9.80 Å². The monoisotopic (exact) mass is 316 g/mol. The highest BCUT2D eigenvalue weighted by atomic mass is 16.2. The molecule has 1 fully saturated rings. The minimum absolute atomic E-state index is 0.229. The number of carbonyl (C=O) groups excluding carboxylic acids is 1. The molecule has 2 rings (SSSR count). The van der Waals surface area contributed by atoms with Crippen molar-refractivity contribution in [1.82, 2.24) is 9.80 Å². The lowest BCUT2D eigenvalue weighted by molar-refractivity contribution is -0.134. The Morgan fingerprint density at radius 3 is 2.52 bits per heavy atom. The summed E-state index contributed by atoms with van der Waals surface area (Å²) in [7, 11) is 6.26. The number of nitrogens with zero attached hydrogens (tertiary/aromatic N) is 2. The van der Waals surface area contributed by atoms with Gasteiger partial charge in [0, 0.05) is 19.1 Å². The van der Waals surface area contributed by atoms with Gasteiger partial charge in [-0.1, -0.05) is 43.7 Å². The van der Waals surface area contributed by atoms with Crippen LogP contribution in [0.2, 0.25) is 0 Å². The van der Waals surface area contributed by atoms with E-state index in [4.69, 9.17) is 0 Å². The smallest absolute Gasteiger partial charge is 0.227 e. The Kier molecular flexibility index (Phi) is 5.51. The van der Waals surface area contributed by atoms with Crippen molar-refractivity contribution in [3.63, 3.8) is 0 Å². The Bertz CT molecular complexity index is 550. The van der Waals surface area contributed by atoms with E-state index in [1.54, 1.807) is 0 Å². The van der Waals surface area contributed by atoms with E-state index in [9.17, 15) is 4.79 Å². The van der Waals surface area contributed by atoms with Crippen molar-refractivity contribution in [2.45, 2.75) is 58.5 Å². The fourth-order valence-electron chi connectivity index (χ4n) is 3.82. The highest BCUT2D eigenvalue weighted by Crippen LogP contribution is 2.38. The van der Waals surface area contributed by atoms with Crippen LogP contribution in [-0.4, -0.2) is 48.9 Å². The van der Waals surface area contributed by atoms with Gasteiger partial charge in [-0.3, -0.25) is 4.79 Å². The second kappa shape index (κ2) is 7.04. The molecule has 2 atom stereocenters. The number of benzene rings is 1. The van der Waals surface area contributed by atoms with E-state index in [1.165, 1.54) is 12.0 Å². The third-order valence-corrected chi connectivity index (χ3v) is 5.31. The standard InChI is InChI=1S/C20H32N2O/c1-15-8-7-9-16(12-15)13-19(23)22(6)17-10-11-20(2,3)14-18(17)21(4)5/h7-9,12,17-18H,10-11,13-14H2,1-6H3. The van der Waals surface area contributed by atoms with E-state index >= 15 is 0 Å². The van der Waals surface area contributed by atoms with Gasteiger partial charge in [0.25, 0.3) is 0 Å². The third kappa shape index (κ3) is 4.57. The second-order valence-corrected chi connectivity index (χ2v) is 8.18. The SMILES string of the molecule is Cc1cccc(CC(=O)N(C)C2CCC(C)(C)CC2N(C)C)c1. The molecule has 1 aromatic rings. The summed E-state index contributed by atoms with van der Waals surface area (Å²) in [6.07, 6.45) is 3.92. The van der Waals surface area contributed by atoms with Crippen molar-refractivity contribution in [2.24, 2.45) is 5.41 Å². The first-order valence-electron chi connectivity index (χ1n) is 8.67. The molecule has 1 aliphatic rings. The highest BCUT2D eigenvalue weighted by molar-refractivity contribution is 5.79. The summed E-state index contributed by atoms with van der Waals surface area (Å²) in [6.45, 7) is 6.76. The number of hydrogen-bond donors (Lipinski definition) is 0. The van der Waals surface area contributed by atoms with Crippen molar-refractivity contribution in [2.75, 3.05) is 21.1 Å². The second-order valence-electron chi connectivity index (χ2n) is 8.18. The van der Waals surface area contributed by atoms with Crippen molar-refractivity contribution in [1.29, 1.82) is 0 Å². The fraction of sp³-hybridized carbons (Fsp3) is 0.650. The summed E-state index contributed by atoms with van der Waals surface area (Å²) in [5.74, 6) is 0.229. The molecule has 0 N–H and O–H groups in total. The molecule has 0 bridgehead atoms. The van der Waals surface area contributed by atoms with Gasteiger partial charge >= 0.3 is 0 Å². The average Bonchev–Trinajstić information content (AvgIpc) is 2.45. The third-order valence-electron chi connectivity index (χ3n) is 5.31. The van der Waals surface area contributed by atoms with Crippen LogP contribution in [0, 0.1) is 12.3 Å². The molecule has 1 amide bonds. The molecule has 0 heterocycles. The predicted octanol–water partition coefficient (Wildman–Crippen LogP) is 3.50. The molecule has 0 aliphatic heterocycles. The van der Waals surface area contributed by atoms with Gasteiger partial charge in [0.1, 0.15) is 0 Å². The van der Waals surface area contributed by atoms with Gasteiger partial charge in [-0.25, -0.2) is 0 Å². The van der Waals surface area contributed by atoms with Crippen LogP contribution in [-0.2, 0) is 11.2 Å². The molecule has 0 aromatic heterocycles. The molecule has 0 spiro atoms. The molecule has 0 radical (unpaired) electrons. The van der Waals surface area contributed by atoms with Crippen LogP contribution in [0.3, 0.4) is 0 Å². The Morgan fingerprint density at radius 1 is 1.22 bits per heavy atom. The van der Waals surface area contributed by atoms with E-state index in [-0.39, 0.29) is 5.91 Å². The lowest BCUT2D eigenvalue weighted by Gasteiger charge is -2.47. The maximum atomic E-state index is 12.8. The largest absolute Gasteiger partial charge is 0.341 e. The Hall–Kier alpha value is -1.35. The number of carbonyl (C=O) groups is 1.